The summed E-state index contributed by atoms with van der Waals surface area (Å²) >= 11 is 0. The van der Waals surface area contributed by atoms with Crippen molar-refractivity contribution >= 4 is 17.4 Å². The van der Waals surface area contributed by atoms with Gasteiger partial charge in [0.25, 0.3) is 5.69 Å². The molecule has 8 nitrogen and oxygen atoms in total. The zero-order valence-electron chi connectivity index (χ0n) is 15.4. The van der Waals surface area contributed by atoms with E-state index in [1.54, 1.807) is 18.2 Å². The number of anilines is 1. The second-order valence-corrected chi connectivity index (χ2v) is 5.81. The first-order valence-corrected chi connectivity index (χ1v) is 8.68. The van der Waals surface area contributed by atoms with Crippen LogP contribution in [-0.2, 0) is 0 Å². The number of methoxy groups -OCH3 is 1. The van der Waals surface area contributed by atoms with Crippen LogP contribution in [0.2, 0.25) is 0 Å². The van der Waals surface area contributed by atoms with E-state index in [0.29, 0.717) is 29.5 Å². The Labute approximate surface area is 157 Å². The molecule has 0 aromatic heterocycles. The minimum Gasteiger partial charge on any atom is -0.493 e. The van der Waals surface area contributed by atoms with Gasteiger partial charge in [0, 0.05) is 30.4 Å². The summed E-state index contributed by atoms with van der Waals surface area (Å²) in [6.45, 7) is 2.73. The van der Waals surface area contributed by atoms with E-state index in [2.05, 4.69) is 17.6 Å². The summed E-state index contributed by atoms with van der Waals surface area (Å²) in [5, 5.41) is 16.2. The highest BCUT2D eigenvalue weighted by atomic mass is 16.6. The number of hydrogen-bond donors (Lipinski definition) is 2. The summed E-state index contributed by atoms with van der Waals surface area (Å²) in [6.07, 6.45) is 3.11. The number of nitro benzene ring substituents is 1. The first kappa shape index (κ1) is 20.0. The van der Waals surface area contributed by atoms with Crippen LogP contribution >= 0.6 is 0 Å². The van der Waals surface area contributed by atoms with Gasteiger partial charge in [-0.05, 0) is 30.7 Å². The Kier molecular flexibility index (Phi) is 7.42. The number of non-ortho nitro benzene ring substituents is 1. The van der Waals surface area contributed by atoms with Gasteiger partial charge in [-0.3, -0.25) is 10.1 Å². The van der Waals surface area contributed by atoms with Crippen molar-refractivity contribution in [3.05, 3.63) is 52.6 Å². The summed E-state index contributed by atoms with van der Waals surface area (Å²) < 4.78 is 11.0. The SMILES string of the molecule is CCCCCNC(=O)Nc1ccc(Oc2ccc([N+](=O)[O-])cc2)c(OC)c1. The molecule has 0 saturated carbocycles. The normalized spacial score (nSPS) is 10.1. The van der Waals surface area contributed by atoms with Gasteiger partial charge in [0.15, 0.2) is 11.5 Å². The molecule has 0 bridgehead atoms. The maximum Gasteiger partial charge on any atom is 0.319 e. The van der Waals surface area contributed by atoms with E-state index in [1.165, 1.54) is 31.4 Å². The number of benzene rings is 2. The predicted molar refractivity (Wildman–Crippen MR) is 103 cm³/mol. The third-order valence-corrected chi connectivity index (χ3v) is 3.76. The van der Waals surface area contributed by atoms with Crippen molar-refractivity contribution in [2.45, 2.75) is 26.2 Å². The van der Waals surface area contributed by atoms with Crippen molar-refractivity contribution in [2.75, 3.05) is 19.0 Å². The standard InChI is InChI=1S/C19H23N3O5/c1-3-4-5-12-20-19(23)21-14-6-11-17(18(13-14)26-2)27-16-9-7-15(8-10-16)22(24)25/h6-11,13H,3-5,12H2,1-2H3,(H2,20,21,23). The lowest BCUT2D eigenvalue weighted by molar-refractivity contribution is -0.384. The van der Waals surface area contributed by atoms with E-state index in [-0.39, 0.29) is 11.7 Å². The summed E-state index contributed by atoms with van der Waals surface area (Å²) in [6, 6.07) is 10.5. The van der Waals surface area contributed by atoms with Crippen LogP contribution in [0.1, 0.15) is 26.2 Å². The fourth-order valence-electron chi connectivity index (χ4n) is 2.34. The van der Waals surface area contributed by atoms with Crippen molar-refractivity contribution in [1.29, 1.82) is 0 Å². The number of urea groups is 1. The number of unbranched alkanes of at least 4 members (excludes halogenated alkanes) is 2. The minimum atomic E-state index is -0.474. The lowest BCUT2D eigenvalue weighted by atomic mass is 10.2. The largest absolute Gasteiger partial charge is 0.493 e. The molecule has 0 aliphatic heterocycles. The average molecular weight is 373 g/mol. The smallest absolute Gasteiger partial charge is 0.319 e. The molecule has 0 atom stereocenters. The Balaban J connectivity index is 2.00. The first-order valence-electron chi connectivity index (χ1n) is 8.68. The maximum absolute atomic E-state index is 11.9. The number of carbonyl (C=O) groups is 1. The third-order valence-electron chi connectivity index (χ3n) is 3.76. The van der Waals surface area contributed by atoms with Gasteiger partial charge in [-0.2, -0.15) is 0 Å². The molecule has 0 spiro atoms. The predicted octanol–water partition coefficient (Wildman–Crippen LogP) is 4.71. The quantitative estimate of drug-likeness (QED) is 0.376. The van der Waals surface area contributed by atoms with E-state index < -0.39 is 4.92 Å². The van der Waals surface area contributed by atoms with Crippen molar-refractivity contribution in [1.82, 2.24) is 5.32 Å². The van der Waals surface area contributed by atoms with Gasteiger partial charge in [0.1, 0.15) is 5.75 Å². The van der Waals surface area contributed by atoms with Crippen molar-refractivity contribution in [3.63, 3.8) is 0 Å². The van der Waals surface area contributed by atoms with E-state index in [0.717, 1.165) is 19.3 Å². The van der Waals surface area contributed by atoms with E-state index in [9.17, 15) is 14.9 Å². The molecule has 0 fully saturated rings. The Morgan fingerprint density at radius 1 is 1.11 bits per heavy atom. The van der Waals surface area contributed by atoms with Crippen LogP contribution in [-0.4, -0.2) is 24.6 Å². The fourth-order valence-corrected chi connectivity index (χ4v) is 2.34. The Bertz CT molecular complexity index is 777. The summed E-state index contributed by atoms with van der Waals surface area (Å²) in [5.74, 6) is 1.30. The molecule has 2 aromatic rings. The number of carbonyl (C=O) groups excluding carboxylic acids is 1. The zero-order chi connectivity index (χ0) is 19.6. The lowest BCUT2D eigenvalue weighted by Gasteiger charge is -2.13. The molecule has 0 radical (unpaired) electrons. The monoisotopic (exact) mass is 373 g/mol. The van der Waals surface area contributed by atoms with E-state index in [1.807, 2.05) is 0 Å². The molecular formula is C19H23N3O5. The number of rotatable bonds is 9. The van der Waals surface area contributed by atoms with Crippen LogP contribution in [0.15, 0.2) is 42.5 Å². The van der Waals surface area contributed by atoms with Gasteiger partial charge in [-0.25, -0.2) is 4.79 Å². The molecule has 8 heteroatoms. The maximum atomic E-state index is 11.9. The topological polar surface area (TPSA) is 103 Å². The summed E-state index contributed by atoms with van der Waals surface area (Å²) in [5.41, 5.74) is 0.551. The minimum absolute atomic E-state index is 0.0150. The second kappa shape index (κ2) is 10.0. The van der Waals surface area contributed by atoms with Gasteiger partial charge in [0.05, 0.1) is 12.0 Å². The van der Waals surface area contributed by atoms with Crippen LogP contribution in [0.5, 0.6) is 17.2 Å². The Morgan fingerprint density at radius 2 is 1.85 bits per heavy atom. The second-order valence-electron chi connectivity index (χ2n) is 5.81. The van der Waals surface area contributed by atoms with Crippen LogP contribution < -0.4 is 20.1 Å². The number of ether oxygens (including phenoxy) is 2. The molecule has 2 rings (SSSR count). The van der Waals surface area contributed by atoms with Crippen LogP contribution in [0, 0.1) is 10.1 Å². The van der Waals surface area contributed by atoms with Gasteiger partial charge in [-0.1, -0.05) is 19.8 Å². The lowest BCUT2D eigenvalue weighted by Crippen LogP contribution is -2.29. The van der Waals surface area contributed by atoms with Crippen LogP contribution in [0.4, 0.5) is 16.2 Å². The molecule has 2 aromatic carbocycles. The first-order chi connectivity index (χ1) is 13.0. The Hall–Kier alpha value is -3.29. The van der Waals surface area contributed by atoms with Crippen molar-refractivity contribution in [3.8, 4) is 17.2 Å². The fraction of sp³-hybridized carbons (Fsp3) is 0.316. The highest BCUT2D eigenvalue weighted by Crippen LogP contribution is 2.34. The average Bonchev–Trinajstić information content (AvgIpc) is 2.67. The van der Waals surface area contributed by atoms with Gasteiger partial charge in [-0.15, -0.1) is 0 Å². The van der Waals surface area contributed by atoms with Crippen molar-refractivity contribution in [2.24, 2.45) is 0 Å². The zero-order valence-corrected chi connectivity index (χ0v) is 15.4. The summed E-state index contributed by atoms with van der Waals surface area (Å²) in [7, 11) is 1.49. The molecule has 144 valence electrons. The number of nitro groups is 1. The molecule has 0 unspecified atom stereocenters. The molecule has 27 heavy (non-hydrogen) atoms. The van der Waals surface area contributed by atoms with Crippen LogP contribution in [0.25, 0.3) is 0 Å². The van der Waals surface area contributed by atoms with Crippen LogP contribution in [0.3, 0.4) is 0 Å². The number of amides is 2. The number of hydrogen-bond acceptors (Lipinski definition) is 5. The molecule has 0 heterocycles. The number of nitrogens with zero attached hydrogens (tertiary/aromatic N) is 1. The van der Waals surface area contributed by atoms with Gasteiger partial charge in [0.2, 0.25) is 0 Å². The van der Waals surface area contributed by atoms with E-state index >= 15 is 0 Å². The molecule has 2 N–H and O–H groups in total. The molecular weight excluding hydrogens is 350 g/mol. The highest BCUT2D eigenvalue weighted by Gasteiger charge is 2.10. The molecule has 0 aliphatic rings. The van der Waals surface area contributed by atoms with Gasteiger partial charge < -0.3 is 20.1 Å². The highest BCUT2D eigenvalue weighted by molar-refractivity contribution is 5.89. The van der Waals surface area contributed by atoms with Crippen molar-refractivity contribution < 1.29 is 19.2 Å². The summed E-state index contributed by atoms with van der Waals surface area (Å²) in [4.78, 5) is 22.1. The molecule has 0 aliphatic carbocycles. The number of nitrogens with one attached hydrogen (secondary N) is 2. The third kappa shape index (κ3) is 6.18. The van der Waals surface area contributed by atoms with Gasteiger partial charge >= 0.3 is 6.03 Å². The molecule has 0 saturated heterocycles. The molecule has 2 amide bonds. The Morgan fingerprint density at radius 3 is 2.48 bits per heavy atom. The van der Waals surface area contributed by atoms with E-state index in [4.69, 9.17) is 9.47 Å².